The minimum absolute atomic E-state index is 0. The Bertz CT molecular complexity index is 510. The van der Waals surface area contributed by atoms with Crippen LogP contribution in [0, 0.1) is 0 Å². The second-order valence-electron chi connectivity index (χ2n) is 9.75. The Balaban J connectivity index is 0.0000109. The second kappa shape index (κ2) is 22.9. The summed E-state index contributed by atoms with van der Waals surface area (Å²) in [5, 5.41) is 14.3. The summed E-state index contributed by atoms with van der Waals surface area (Å²) in [5.74, 6) is -0.809. The Morgan fingerprint density at radius 2 is 0.794 bits per heavy atom. The van der Waals surface area contributed by atoms with E-state index in [2.05, 4.69) is 13.8 Å². The first-order chi connectivity index (χ1) is 16.2. The number of unbranched alkanes of at least 4 members (excludes halogenated alkanes) is 18. The van der Waals surface area contributed by atoms with Crippen molar-refractivity contribution in [3.8, 4) is 0 Å². The average molecular weight is 487 g/mol. The molecule has 0 saturated carbocycles. The molecule has 0 radical (unpaired) electrons. The van der Waals surface area contributed by atoms with Gasteiger partial charge in [-0.1, -0.05) is 129 Å². The SMILES string of the molecule is CCCCCCCCCCCCN1C(=O)C(=C[O-])C(=O)N1CCCCCCCCCCCC.[Na+]. The van der Waals surface area contributed by atoms with Gasteiger partial charge in [-0.15, -0.1) is 6.26 Å². The molecule has 5 nitrogen and oxygen atoms in total. The van der Waals surface area contributed by atoms with Crippen molar-refractivity contribution in [2.45, 2.75) is 142 Å². The van der Waals surface area contributed by atoms with Gasteiger partial charge in [-0.05, 0) is 12.8 Å². The molecule has 1 fully saturated rings. The molecule has 1 heterocycles. The molecule has 0 aliphatic carbocycles. The summed E-state index contributed by atoms with van der Waals surface area (Å²) in [7, 11) is 0. The summed E-state index contributed by atoms with van der Waals surface area (Å²) >= 11 is 0. The van der Waals surface area contributed by atoms with E-state index in [0.717, 1.165) is 25.7 Å². The van der Waals surface area contributed by atoms with Crippen molar-refractivity contribution in [1.82, 2.24) is 10.0 Å². The molecule has 0 aromatic heterocycles. The van der Waals surface area contributed by atoms with Crippen molar-refractivity contribution in [3.63, 3.8) is 0 Å². The minimum Gasteiger partial charge on any atom is -0.877 e. The van der Waals surface area contributed by atoms with E-state index in [1.807, 2.05) is 0 Å². The van der Waals surface area contributed by atoms with Crippen LogP contribution >= 0.6 is 0 Å². The molecular formula is C28H51N2NaO3. The van der Waals surface area contributed by atoms with E-state index >= 15 is 0 Å². The molecule has 2 amide bonds. The molecular weight excluding hydrogens is 435 g/mol. The van der Waals surface area contributed by atoms with Gasteiger partial charge in [-0.3, -0.25) is 9.59 Å². The van der Waals surface area contributed by atoms with E-state index < -0.39 is 11.8 Å². The average Bonchev–Trinajstić information content (AvgIpc) is 3.04. The zero-order valence-corrected chi connectivity index (χ0v) is 24.8. The molecule has 0 atom stereocenters. The van der Waals surface area contributed by atoms with Crippen molar-refractivity contribution in [2.75, 3.05) is 13.1 Å². The first kappa shape index (κ1) is 33.5. The van der Waals surface area contributed by atoms with Crippen LogP contribution in [0.1, 0.15) is 142 Å². The normalized spacial score (nSPS) is 13.6. The fraction of sp³-hybridized carbons (Fsp3) is 0.857. The van der Waals surface area contributed by atoms with Crippen molar-refractivity contribution in [2.24, 2.45) is 0 Å². The summed E-state index contributed by atoms with van der Waals surface area (Å²) in [6.07, 6.45) is 25.1. The summed E-state index contributed by atoms with van der Waals surface area (Å²) in [5.41, 5.74) is -0.200. The Labute approximate surface area is 232 Å². The van der Waals surface area contributed by atoms with Crippen LogP contribution in [0.2, 0.25) is 0 Å². The maximum atomic E-state index is 12.5. The van der Waals surface area contributed by atoms with Gasteiger partial charge in [-0.25, -0.2) is 10.0 Å². The van der Waals surface area contributed by atoms with Crippen LogP contribution in [0.4, 0.5) is 0 Å². The van der Waals surface area contributed by atoms with Crippen molar-refractivity contribution in [3.05, 3.63) is 11.8 Å². The largest absolute Gasteiger partial charge is 1.00 e. The fourth-order valence-corrected chi connectivity index (χ4v) is 4.63. The van der Waals surface area contributed by atoms with Gasteiger partial charge < -0.3 is 5.11 Å². The molecule has 0 bridgehead atoms. The number of hydrogen-bond donors (Lipinski definition) is 0. The minimum atomic E-state index is -0.405. The molecule has 1 saturated heterocycles. The second-order valence-corrected chi connectivity index (χ2v) is 9.75. The van der Waals surface area contributed by atoms with Crippen LogP contribution < -0.4 is 34.7 Å². The van der Waals surface area contributed by atoms with E-state index in [4.69, 9.17) is 0 Å². The van der Waals surface area contributed by atoms with Crippen LogP contribution in [0.25, 0.3) is 0 Å². The molecule has 1 aliphatic heterocycles. The van der Waals surface area contributed by atoms with Gasteiger partial charge in [0.1, 0.15) is 0 Å². The predicted octanol–water partition coefficient (Wildman–Crippen LogP) is 3.66. The molecule has 0 aromatic carbocycles. The third-order valence-corrected chi connectivity index (χ3v) is 6.79. The molecule has 0 N–H and O–H groups in total. The van der Waals surface area contributed by atoms with Crippen LogP contribution in [0.15, 0.2) is 11.8 Å². The first-order valence-corrected chi connectivity index (χ1v) is 14.1. The monoisotopic (exact) mass is 486 g/mol. The van der Waals surface area contributed by atoms with Crippen LogP contribution in [0.3, 0.4) is 0 Å². The Morgan fingerprint density at radius 3 is 1.06 bits per heavy atom. The van der Waals surface area contributed by atoms with Gasteiger partial charge in [0.25, 0.3) is 11.8 Å². The summed E-state index contributed by atoms with van der Waals surface area (Å²) in [6.45, 7) is 5.56. The number of rotatable bonds is 22. The third kappa shape index (κ3) is 14.1. The Hall–Kier alpha value is -0.520. The molecule has 0 spiro atoms. The van der Waals surface area contributed by atoms with Crippen molar-refractivity contribution < 1.29 is 44.3 Å². The van der Waals surface area contributed by atoms with Crippen LogP contribution in [0.5, 0.6) is 0 Å². The molecule has 6 heteroatoms. The Morgan fingerprint density at radius 1 is 0.529 bits per heavy atom. The van der Waals surface area contributed by atoms with E-state index in [0.29, 0.717) is 19.4 Å². The third-order valence-electron chi connectivity index (χ3n) is 6.79. The predicted molar refractivity (Wildman–Crippen MR) is 135 cm³/mol. The van der Waals surface area contributed by atoms with Gasteiger partial charge in [0.2, 0.25) is 0 Å². The Kier molecular flexibility index (Phi) is 22.6. The van der Waals surface area contributed by atoms with Crippen molar-refractivity contribution >= 4 is 11.8 Å². The molecule has 0 unspecified atom stereocenters. The van der Waals surface area contributed by atoms with Crippen LogP contribution in [-0.4, -0.2) is 34.9 Å². The number of hydrazine groups is 1. The van der Waals surface area contributed by atoms with E-state index in [9.17, 15) is 14.7 Å². The summed E-state index contributed by atoms with van der Waals surface area (Å²) in [4.78, 5) is 25.1. The molecule has 1 rings (SSSR count). The maximum absolute atomic E-state index is 12.5. The van der Waals surface area contributed by atoms with Gasteiger partial charge in [0.05, 0.1) is 5.57 Å². The van der Waals surface area contributed by atoms with Crippen LogP contribution in [-0.2, 0) is 9.59 Å². The first-order valence-electron chi connectivity index (χ1n) is 14.1. The molecule has 192 valence electrons. The van der Waals surface area contributed by atoms with Gasteiger partial charge in [0, 0.05) is 13.1 Å². The van der Waals surface area contributed by atoms with Gasteiger partial charge in [-0.2, -0.15) is 0 Å². The maximum Gasteiger partial charge on any atom is 1.00 e. The quantitative estimate of drug-likeness (QED) is 0.0771. The number of carbonyl (C=O) groups excluding carboxylic acids is 2. The molecule has 1 aliphatic rings. The number of carbonyl (C=O) groups is 2. The number of hydrogen-bond acceptors (Lipinski definition) is 3. The zero-order valence-electron chi connectivity index (χ0n) is 22.8. The van der Waals surface area contributed by atoms with Gasteiger partial charge >= 0.3 is 29.6 Å². The van der Waals surface area contributed by atoms with E-state index in [1.165, 1.54) is 113 Å². The molecule has 34 heavy (non-hydrogen) atoms. The van der Waals surface area contributed by atoms with Crippen molar-refractivity contribution in [1.29, 1.82) is 0 Å². The topological polar surface area (TPSA) is 63.7 Å². The van der Waals surface area contributed by atoms with Gasteiger partial charge in [0.15, 0.2) is 0 Å². The smallest absolute Gasteiger partial charge is 0.877 e. The number of amides is 2. The standard InChI is InChI=1S/C28H52N2O3.Na/c1-3-5-7-9-11-13-15-17-19-21-23-29-27(32)26(25-31)28(33)30(29)24-22-20-18-16-14-12-10-8-6-4-2;/h25,31H,3-24H2,1-2H3;/q;+1/p-1. The fourth-order valence-electron chi connectivity index (χ4n) is 4.63. The number of nitrogens with zero attached hydrogens (tertiary/aromatic N) is 2. The molecule has 0 aromatic rings. The summed E-state index contributed by atoms with van der Waals surface area (Å²) in [6, 6.07) is 0. The summed E-state index contributed by atoms with van der Waals surface area (Å²) < 4.78 is 0. The van der Waals surface area contributed by atoms with E-state index in [1.54, 1.807) is 0 Å². The van der Waals surface area contributed by atoms with E-state index in [-0.39, 0.29) is 35.1 Å². The zero-order chi connectivity index (χ0) is 24.2.